The van der Waals surface area contributed by atoms with E-state index < -0.39 is 6.04 Å². The van der Waals surface area contributed by atoms with Crippen LogP contribution in [0.15, 0.2) is 60.4 Å². The van der Waals surface area contributed by atoms with Crippen LogP contribution >= 0.6 is 0 Å². The number of allylic oxidation sites excluding steroid dienone is 1. The van der Waals surface area contributed by atoms with Gasteiger partial charge in [0.2, 0.25) is 5.95 Å². The van der Waals surface area contributed by atoms with E-state index in [1.54, 1.807) is 16.8 Å². The molecule has 0 amide bonds. The van der Waals surface area contributed by atoms with Crippen molar-refractivity contribution in [2.24, 2.45) is 0 Å². The fraction of sp³-hybridized carbons (Fsp3) is 0.0556. The first-order valence-electron chi connectivity index (χ1n) is 7.54. The lowest BCUT2D eigenvalue weighted by atomic mass is 9.94. The second-order valence-corrected chi connectivity index (χ2v) is 5.77. The Morgan fingerprint density at radius 3 is 2.58 bits per heavy atom. The number of hydrogen-bond acceptors (Lipinski definition) is 4. The number of nitrogens with one attached hydrogen (secondary N) is 1. The predicted octanol–water partition coefficient (Wildman–Crippen LogP) is 3.04. The molecule has 0 fully saturated rings. The number of carbonyl (C=O) groups excluding carboxylic acids is 1. The maximum absolute atomic E-state index is 13.3. The minimum absolute atomic E-state index is 0.0384. The Bertz CT molecular complexity index is 1020. The highest BCUT2D eigenvalue weighted by molar-refractivity contribution is 6.23. The van der Waals surface area contributed by atoms with Gasteiger partial charge in [-0.15, -0.1) is 0 Å². The van der Waals surface area contributed by atoms with Crippen molar-refractivity contribution in [3.8, 4) is 0 Å². The van der Waals surface area contributed by atoms with Gasteiger partial charge in [0.05, 0.1) is 11.3 Å². The molecular formula is C18H11FN4O. The maximum Gasteiger partial charge on any atom is 0.226 e. The third-order valence-electron chi connectivity index (χ3n) is 4.47. The van der Waals surface area contributed by atoms with Crippen LogP contribution in [-0.2, 0) is 0 Å². The molecule has 1 aliphatic heterocycles. The average molecular weight is 318 g/mol. The summed E-state index contributed by atoms with van der Waals surface area (Å²) in [5.41, 5.74) is 3.68. The van der Waals surface area contributed by atoms with Crippen molar-refractivity contribution in [2.75, 3.05) is 5.32 Å². The van der Waals surface area contributed by atoms with E-state index in [0.29, 0.717) is 17.1 Å². The predicted molar refractivity (Wildman–Crippen MR) is 85.9 cm³/mol. The number of halogens is 1. The minimum atomic E-state index is -0.431. The third-order valence-corrected chi connectivity index (χ3v) is 4.47. The fourth-order valence-corrected chi connectivity index (χ4v) is 3.41. The van der Waals surface area contributed by atoms with Crippen molar-refractivity contribution in [3.63, 3.8) is 0 Å². The number of nitrogens with zero attached hydrogens (tertiary/aromatic N) is 3. The molecule has 24 heavy (non-hydrogen) atoms. The van der Waals surface area contributed by atoms with Gasteiger partial charge in [-0.3, -0.25) is 4.79 Å². The standard InChI is InChI=1S/C18H11FN4O/c19-11-7-5-10(6-8-11)16-14-15(22-18-20-9-21-23(16)18)12-3-1-2-4-13(12)17(14)24/h1-9,16H,(H,20,21,22). The number of carbonyl (C=O) groups is 1. The molecule has 0 spiro atoms. The number of hydrogen-bond donors (Lipinski definition) is 1. The van der Waals surface area contributed by atoms with E-state index in [4.69, 9.17) is 0 Å². The molecule has 6 heteroatoms. The topological polar surface area (TPSA) is 59.8 Å². The first-order chi connectivity index (χ1) is 11.7. The summed E-state index contributed by atoms with van der Waals surface area (Å²) in [4.78, 5) is 17.2. The lowest BCUT2D eigenvalue weighted by Crippen LogP contribution is -2.25. The van der Waals surface area contributed by atoms with Crippen LogP contribution in [0.5, 0.6) is 0 Å². The number of anilines is 1. The van der Waals surface area contributed by atoms with Crippen molar-refractivity contribution < 1.29 is 9.18 Å². The highest BCUT2D eigenvalue weighted by Crippen LogP contribution is 2.44. The summed E-state index contributed by atoms with van der Waals surface area (Å²) < 4.78 is 15.0. The van der Waals surface area contributed by atoms with Gasteiger partial charge < -0.3 is 5.32 Å². The lowest BCUT2D eigenvalue weighted by molar-refractivity contribution is 0.102. The number of ketones is 1. The average Bonchev–Trinajstić information content (AvgIpc) is 3.18. The zero-order chi connectivity index (χ0) is 16.3. The molecule has 0 radical (unpaired) electrons. The van der Waals surface area contributed by atoms with E-state index in [1.807, 2.05) is 24.3 Å². The first-order valence-corrected chi connectivity index (χ1v) is 7.54. The molecule has 5 rings (SSSR count). The van der Waals surface area contributed by atoms with E-state index in [1.165, 1.54) is 18.5 Å². The molecule has 2 aliphatic rings. The molecule has 0 saturated heterocycles. The summed E-state index contributed by atoms with van der Waals surface area (Å²) >= 11 is 0. The summed E-state index contributed by atoms with van der Waals surface area (Å²) in [6.45, 7) is 0. The van der Waals surface area contributed by atoms with Crippen LogP contribution in [0.25, 0.3) is 5.70 Å². The third kappa shape index (κ3) is 1.65. The molecule has 1 N–H and O–H groups in total. The summed E-state index contributed by atoms with van der Waals surface area (Å²) in [6, 6.07) is 13.2. The van der Waals surface area contributed by atoms with E-state index in [9.17, 15) is 9.18 Å². The lowest BCUT2D eigenvalue weighted by Gasteiger charge is -2.26. The molecule has 3 aromatic rings. The summed E-state index contributed by atoms with van der Waals surface area (Å²) in [6.07, 6.45) is 1.44. The van der Waals surface area contributed by atoms with Crippen LogP contribution in [0.3, 0.4) is 0 Å². The summed E-state index contributed by atoms with van der Waals surface area (Å²) in [7, 11) is 0. The van der Waals surface area contributed by atoms with Gasteiger partial charge in [0.1, 0.15) is 18.2 Å². The molecule has 2 heterocycles. The van der Waals surface area contributed by atoms with Gasteiger partial charge in [-0.1, -0.05) is 36.4 Å². The quantitative estimate of drug-likeness (QED) is 0.749. The van der Waals surface area contributed by atoms with Crippen molar-refractivity contribution in [3.05, 3.63) is 82.9 Å². The van der Waals surface area contributed by atoms with Gasteiger partial charge in [-0.05, 0) is 17.7 Å². The van der Waals surface area contributed by atoms with E-state index in [-0.39, 0.29) is 11.6 Å². The Morgan fingerprint density at radius 1 is 1.04 bits per heavy atom. The fourth-order valence-electron chi connectivity index (χ4n) is 3.41. The zero-order valence-electron chi connectivity index (χ0n) is 12.4. The molecule has 1 aliphatic carbocycles. The Labute approximate surface area is 136 Å². The molecule has 5 nitrogen and oxygen atoms in total. The Balaban J connectivity index is 1.77. The molecule has 1 atom stereocenters. The Kier molecular flexibility index (Phi) is 2.53. The molecule has 116 valence electrons. The SMILES string of the molecule is O=C1C2=C(Nc3ncnn3C2c2ccc(F)cc2)c2ccccc21. The smallest absolute Gasteiger partial charge is 0.226 e. The summed E-state index contributed by atoms with van der Waals surface area (Å²) in [5.74, 6) is 0.206. The summed E-state index contributed by atoms with van der Waals surface area (Å²) in [5, 5.41) is 7.47. The van der Waals surface area contributed by atoms with Crippen LogP contribution in [0.4, 0.5) is 10.3 Å². The van der Waals surface area contributed by atoms with Crippen LogP contribution in [0.2, 0.25) is 0 Å². The van der Waals surface area contributed by atoms with Gasteiger partial charge in [0.15, 0.2) is 5.78 Å². The first kappa shape index (κ1) is 13.2. The molecule has 0 saturated carbocycles. The highest BCUT2D eigenvalue weighted by atomic mass is 19.1. The van der Waals surface area contributed by atoms with Crippen molar-refractivity contribution in [1.82, 2.24) is 14.8 Å². The number of aromatic nitrogens is 3. The number of benzene rings is 2. The molecule has 0 bridgehead atoms. The largest absolute Gasteiger partial charge is 0.323 e. The molecule has 2 aromatic carbocycles. The monoisotopic (exact) mass is 318 g/mol. The Hall–Kier alpha value is -3.28. The van der Waals surface area contributed by atoms with Crippen LogP contribution < -0.4 is 5.32 Å². The van der Waals surface area contributed by atoms with Gasteiger partial charge in [0, 0.05) is 11.1 Å². The van der Waals surface area contributed by atoms with Gasteiger partial charge in [-0.2, -0.15) is 10.1 Å². The van der Waals surface area contributed by atoms with Gasteiger partial charge in [-0.25, -0.2) is 9.07 Å². The minimum Gasteiger partial charge on any atom is -0.323 e. The number of fused-ring (bicyclic) bond motifs is 3. The van der Waals surface area contributed by atoms with Gasteiger partial charge in [0.25, 0.3) is 0 Å². The van der Waals surface area contributed by atoms with Crippen molar-refractivity contribution in [1.29, 1.82) is 0 Å². The van der Waals surface area contributed by atoms with Crippen molar-refractivity contribution >= 4 is 17.4 Å². The Morgan fingerprint density at radius 2 is 1.79 bits per heavy atom. The second-order valence-electron chi connectivity index (χ2n) is 5.77. The highest BCUT2D eigenvalue weighted by Gasteiger charge is 2.40. The van der Waals surface area contributed by atoms with E-state index >= 15 is 0 Å². The molecule has 1 unspecified atom stereocenters. The van der Waals surface area contributed by atoms with Crippen LogP contribution in [0.1, 0.15) is 27.5 Å². The van der Waals surface area contributed by atoms with Crippen LogP contribution in [-0.4, -0.2) is 20.5 Å². The van der Waals surface area contributed by atoms with Gasteiger partial charge >= 0.3 is 0 Å². The maximum atomic E-state index is 13.3. The number of rotatable bonds is 1. The van der Waals surface area contributed by atoms with E-state index in [2.05, 4.69) is 15.4 Å². The normalized spacial score (nSPS) is 18.0. The van der Waals surface area contributed by atoms with Crippen LogP contribution in [0, 0.1) is 5.82 Å². The molecule has 1 aromatic heterocycles. The molecular weight excluding hydrogens is 307 g/mol. The van der Waals surface area contributed by atoms with Crippen molar-refractivity contribution in [2.45, 2.75) is 6.04 Å². The second kappa shape index (κ2) is 4.61. The zero-order valence-corrected chi connectivity index (χ0v) is 12.4. The van der Waals surface area contributed by atoms with E-state index in [0.717, 1.165) is 16.8 Å². The number of Topliss-reactive ketones (excluding diaryl/α,β-unsaturated/α-hetero) is 1.